The summed E-state index contributed by atoms with van der Waals surface area (Å²) in [6.07, 6.45) is 1.59. The number of fused-ring (bicyclic) bond motifs is 3. The van der Waals surface area contributed by atoms with E-state index in [1.54, 1.807) is 36.5 Å². The van der Waals surface area contributed by atoms with E-state index in [0.29, 0.717) is 22.4 Å². The third-order valence-corrected chi connectivity index (χ3v) is 3.68. The van der Waals surface area contributed by atoms with Crippen molar-refractivity contribution in [3.05, 3.63) is 70.8 Å². The van der Waals surface area contributed by atoms with E-state index in [-0.39, 0.29) is 12.4 Å². The maximum absolute atomic E-state index is 12.1. The number of benzene rings is 2. The van der Waals surface area contributed by atoms with E-state index in [1.807, 2.05) is 12.1 Å². The zero-order chi connectivity index (χ0) is 16.5. The van der Waals surface area contributed by atoms with E-state index >= 15 is 0 Å². The molecule has 0 bridgehead atoms. The van der Waals surface area contributed by atoms with Gasteiger partial charge in [0, 0.05) is 23.0 Å². The van der Waals surface area contributed by atoms with Crippen LogP contribution in [0.25, 0.3) is 21.7 Å². The molecule has 0 aliphatic heterocycles. The number of phenolic OH excluding ortho intramolecular Hbond substituents is 1. The molecule has 0 aliphatic rings. The second-order valence-electron chi connectivity index (χ2n) is 5.28. The first-order chi connectivity index (χ1) is 11.7. The molecule has 0 unspecified atom stereocenters. The maximum atomic E-state index is 12.1. The Hall–Kier alpha value is -3.41. The Kier molecular flexibility index (Phi) is 3.35. The summed E-state index contributed by atoms with van der Waals surface area (Å²) < 4.78 is 11.0. The van der Waals surface area contributed by atoms with Gasteiger partial charge in [-0.1, -0.05) is 0 Å². The molecule has 6 nitrogen and oxygen atoms in total. The molecule has 0 spiro atoms. The van der Waals surface area contributed by atoms with E-state index < -0.39 is 5.63 Å². The summed E-state index contributed by atoms with van der Waals surface area (Å²) in [6, 6.07) is 13.5. The molecule has 1 N–H and O–H groups in total. The Morgan fingerprint density at radius 1 is 1.04 bits per heavy atom. The predicted octanol–water partition coefficient (Wildman–Crippen LogP) is 3.02. The van der Waals surface area contributed by atoms with Crippen molar-refractivity contribution in [2.75, 3.05) is 0 Å². The van der Waals surface area contributed by atoms with E-state index in [0.717, 1.165) is 10.8 Å². The highest BCUT2D eigenvalue weighted by molar-refractivity contribution is 6.04. The summed E-state index contributed by atoms with van der Waals surface area (Å²) in [7, 11) is 0. The van der Waals surface area contributed by atoms with Crippen LogP contribution in [0, 0.1) is 0 Å². The van der Waals surface area contributed by atoms with Crippen LogP contribution in [-0.2, 0) is 6.61 Å². The Balaban J connectivity index is 1.74. The Bertz CT molecular complexity index is 1090. The number of rotatable bonds is 3. The fourth-order valence-electron chi connectivity index (χ4n) is 2.56. The summed E-state index contributed by atoms with van der Waals surface area (Å²) in [5.41, 5.74) is 0.627. The summed E-state index contributed by atoms with van der Waals surface area (Å²) in [4.78, 5) is 12.1. The molecule has 0 atom stereocenters. The molecule has 2 aromatic heterocycles. The van der Waals surface area contributed by atoms with Gasteiger partial charge in [0.05, 0.1) is 5.39 Å². The van der Waals surface area contributed by atoms with Gasteiger partial charge in [-0.05, 0) is 42.5 Å². The number of hydrogen-bond acceptors (Lipinski definition) is 6. The van der Waals surface area contributed by atoms with Crippen LogP contribution in [0.4, 0.5) is 0 Å². The van der Waals surface area contributed by atoms with E-state index in [9.17, 15) is 9.90 Å². The van der Waals surface area contributed by atoms with Gasteiger partial charge in [0.25, 0.3) is 0 Å². The first-order valence-corrected chi connectivity index (χ1v) is 7.30. The van der Waals surface area contributed by atoms with Crippen molar-refractivity contribution in [1.29, 1.82) is 0 Å². The van der Waals surface area contributed by atoms with Gasteiger partial charge in [-0.2, -0.15) is 10.2 Å². The van der Waals surface area contributed by atoms with Crippen LogP contribution in [0.5, 0.6) is 11.5 Å². The zero-order valence-corrected chi connectivity index (χ0v) is 12.5. The van der Waals surface area contributed by atoms with Crippen molar-refractivity contribution in [3.8, 4) is 11.5 Å². The number of hydrogen-bond donors (Lipinski definition) is 1. The molecule has 2 heterocycles. The first kappa shape index (κ1) is 14.2. The molecule has 6 heteroatoms. The molecular formula is C18H12N2O4. The Morgan fingerprint density at radius 2 is 1.92 bits per heavy atom. The molecule has 2 aromatic carbocycles. The van der Waals surface area contributed by atoms with Gasteiger partial charge >= 0.3 is 5.63 Å². The second-order valence-corrected chi connectivity index (χ2v) is 5.28. The average molecular weight is 320 g/mol. The normalized spacial score (nSPS) is 11.0. The largest absolute Gasteiger partial charge is 0.508 e. The fourth-order valence-corrected chi connectivity index (χ4v) is 2.56. The highest BCUT2D eigenvalue weighted by Crippen LogP contribution is 2.28. The Morgan fingerprint density at radius 3 is 2.75 bits per heavy atom. The van der Waals surface area contributed by atoms with Crippen LogP contribution in [-0.4, -0.2) is 15.3 Å². The van der Waals surface area contributed by atoms with Gasteiger partial charge in [-0.25, -0.2) is 4.79 Å². The standard InChI is InChI=1S/C18H12N2O4/c21-12-3-5-14-15-6-4-13(23-10-11-2-1-7-19-20-11)9-17(15)24-18(22)16(14)8-12/h1-9,21H,10H2. The highest BCUT2D eigenvalue weighted by Gasteiger charge is 2.09. The van der Waals surface area contributed by atoms with Gasteiger partial charge in [0.15, 0.2) is 0 Å². The monoisotopic (exact) mass is 320 g/mol. The van der Waals surface area contributed by atoms with Gasteiger partial charge in [0.1, 0.15) is 29.4 Å². The lowest BCUT2D eigenvalue weighted by Crippen LogP contribution is -2.01. The number of ether oxygens (including phenoxy) is 1. The van der Waals surface area contributed by atoms with Crippen molar-refractivity contribution in [3.63, 3.8) is 0 Å². The van der Waals surface area contributed by atoms with Crippen molar-refractivity contribution in [2.24, 2.45) is 0 Å². The number of aromatic nitrogens is 2. The predicted molar refractivity (Wildman–Crippen MR) is 88.0 cm³/mol. The molecule has 24 heavy (non-hydrogen) atoms. The maximum Gasteiger partial charge on any atom is 0.344 e. The van der Waals surface area contributed by atoms with Crippen LogP contribution in [0.15, 0.2) is 63.9 Å². The minimum Gasteiger partial charge on any atom is -0.508 e. The quantitative estimate of drug-likeness (QED) is 0.461. The second kappa shape index (κ2) is 5.66. The number of aromatic hydroxyl groups is 1. The molecule has 0 saturated carbocycles. The van der Waals surface area contributed by atoms with Gasteiger partial charge in [-0.3, -0.25) is 0 Å². The van der Waals surface area contributed by atoms with Crippen molar-refractivity contribution in [2.45, 2.75) is 6.61 Å². The van der Waals surface area contributed by atoms with E-state index in [1.165, 1.54) is 6.07 Å². The molecule has 0 saturated heterocycles. The third-order valence-electron chi connectivity index (χ3n) is 3.68. The summed E-state index contributed by atoms with van der Waals surface area (Å²) in [5, 5.41) is 19.1. The molecule has 0 aliphatic carbocycles. The molecule has 0 radical (unpaired) electrons. The Labute approximate surface area is 135 Å². The average Bonchev–Trinajstić information content (AvgIpc) is 2.61. The topological polar surface area (TPSA) is 85.5 Å². The van der Waals surface area contributed by atoms with E-state index in [4.69, 9.17) is 9.15 Å². The summed E-state index contributed by atoms with van der Waals surface area (Å²) >= 11 is 0. The SMILES string of the molecule is O=c1oc2cc(OCc3cccnn3)ccc2c2ccc(O)cc12. The van der Waals surface area contributed by atoms with Crippen LogP contribution < -0.4 is 10.4 Å². The minimum atomic E-state index is -0.500. The third kappa shape index (κ3) is 2.54. The van der Waals surface area contributed by atoms with Crippen LogP contribution >= 0.6 is 0 Å². The molecule has 118 valence electrons. The molecule has 0 amide bonds. The van der Waals surface area contributed by atoms with Crippen molar-refractivity contribution < 1.29 is 14.3 Å². The van der Waals surface area contributed by atoms with E-state index in [2.05, 4.69) is 10.2 Å². The fraction of sp³-hybridized carbons (Fsp3) is 0.0556. The van der Waals surface area contributed by atoms with Crippen molar-refractivity contribution >= 4 is 21.7 Å². The minimum absolute atomic E-state index is 0.0260. The van der Waals surface area contributed by atoms with Gasteiger partial charge in [0.2, 0.25) is 0 Å². The first-order valence-electron chi connectivity index (χ1n) is 7.30. The molecule has 0 fully saturated rings. The smallest absolute Gasteiger partial charge is 0.344 e. The zero-order valence-electron chi connectivity index (χ0n) is 12.5. The lowest BCUT2D eigenvalue weighted by molar-refractivity contribution is 0.300. The van der Waals surface area contributed by atoms with Crippen LogP contribution in [0.1, 0.15) is 5.69 Å². The molecule has 4 rings (SSSR count). The summed E-state index contributed by atoms with van der Waals surface area (Å²) in [5.74, 6) is 0.590. The number of phenols is 1. The van der Waals surface area contributed by atoms with Gasteiger partial charge < -0.3 is 14.3 Å². The van der Waals surface area contributed by atoms with Gasteiger partial charge in [-0.15, -0.1) is 0 Å². The molecular weight excluding hydrogens is 308 g/mol. The lowest BCUT2D eigenvalue weighted by Gasteiger charge is -2.07. The summed E-state index contributed by atoms with van der Waals surface area (Å²) in [6.45, 7) is 0.269. The highest BCUT2D eigenvalue weighted by atomic mass is 16.5. The van der Waals surface area contributed by atoms with Crippen molar-refractivity contribution in [1.82, 2.24) is 10.2 Å². The molecule has 4 aromatic rings. The lowest BCUT2D eigenvalue weighted by atomic mass is 10.1. The van der Waals surface area contributed by atoms with Crippen LogP contribution in [0.3, 0.4) is 0 Å². The van der Waals surface area contributed by atoms with Crippen LogP contribution in [0.2, 0.25) is 0 Å². The number of nitrogens with zero attached hydrogens (tertiary/aromatic N) is 2.